The maximum atomic E-state index is 12.8. The highest BCUT2D eigenvalue weighted by Gasteiger charge is 2.29. The summed E-state index contributed by atoms with van der Waals surface area (Å²) in [7, 11) is 3.21. The van der Waals surface area contributed by atoms with E-state index in [0.29, 0.717) is 37.4 Å². The van der Waals surface area contributed by atoms with Crippen LogP contribution in [0.25, 0.3) is 0 Å². The second-order valence-electron chi connectivity index (χ2n) is 7.34. The lowest BCUT2D eigenvalue weighted by Crippen LogP contribution is -2.43. The Morgan fingerprint density at radius 1 is 1.17 bits per heavy atom. The summed E-state index contributed by atoms with van der Waals surface area (Å²) in [6.07, 6.45) is 1.36. The lowest BCUT2D eigenvalue weighted by atomic mass is 9.94. The van der Waals surface area contributed by atoms with Crippen molar-refractivity contribution in [2.45, 2.75) is 32.7 Å². The monoisotopic (exact) mass is 416 g/mol. The number of nitrogens with zero attached hydrogens (tertiary/aromatic N) is 1. The number of rotatable bonds is 6. The number of benzene rings is 1. The van der Waals surface area contributed by atoms with Crippen LogP contribution in [0.1, 0.15) is 46.6 Å². The summed E-state index contributed by atoms with van der Waals surface area (Å²) < 4.78 is 10.7. The van der Waals surface area contributed by atoms with Crippen molar-refractivity contribution in [2.75, 3.05) is 27.3 Å². The van der Waals surface area contributed by atoms with E-state index in [4.69, 9.17) is 9.47 Å². The Labute approximate surface area is 175 Å². The molecular weight excluding hydrogens is 388 g/mol. The van der Waals surface area contributed by atoms with Crippen LogP contribution in [0.5, 0.6) is 11.5 Å². The molecule has 2 amide bonds. The normalized spacial score (nSPS) is 15.7. The number of likely N-dealkylation sites (tertiary alicyclic amines) is 1. The SMILES string of the molecule is COc1cc(C)c(C(C)NC(=O)C2CCN(C(=O)c3cccs3)CC2)cc1OC. The van der Waals surface area contributed by atoms with Gasteiger partial charge >= 0.3 is 0 Å². The van der Waals surface area contributed by atoms with Crippen LogP contribution < -0.4 is 14.8 Å². The van der Waals surface area contributed by atoms with Gasteiger partial charge in [0.1, 0.15) is 0 Å². The van der Waals surface area contributed by atoms with Crippen LogP contribution in [0.3, 0.4) is 0 Å². The van der Waals surface area contributed by atoms with Crippen molar-refractivity contribution in [3.8, 4) is 11.5 Å². The number of carbonyl (C=O) groups excluding carboxylic acids is 2. The Balaban J connectivity index is 1.59. The number of hydrogen-bond acceptors (Lipinski definition) is 5. The van der Waals surface area contributed by atoms with E-state index < -0.39 is 0 Å². The van der Waals surface area contributed by atoms with E-state index in [2.05, 4.69) is 5.32 Å². The summed E-state index contributed by atoms with van der Waals surface area (Å²) in [5, 5.41) is 5.04. The number of hydrogen-bond donors (Lipinski definition) is 1. The van der Waals surface area contributed by atoms with E-state index in [9.17, 15) is 9.59 Å². The number of thiophene rings is 1. The molecule has 2 heterocycles. The maximum absolute atomic E-state index is 12.8. The average Bonchev–Trinajstić information content (AvgIpc) is 3.27. The van der Waals surface area contributed by atoms with Gasteiger partial charge in [0.15, 0.2) is 11.5 Å². The highest BCUT2D eigenvalue weighted by molar-refractivity contribution is 7.12. The molecule has 0 spiro atoms. The van der Waals surface area contributed by atoms with E-state index >= 15 is 0 Å². The van der Waals surface area contributed by atoms with Crippen molar-refractivity contribution in [3.05, 3.63) is 45.6 Å². The van der Waals surface area contributed by atoms with E-state index in [1.807, 2.05) is 48.4 Å². The molecule has 1 aromatic carbocycles. The maximum Gasteiger partial charge on any atom is 0.263 e. The Morgan fingerprint density at radius 2 is 1.83 bits per heavy atom. The first-order valence-corrected chi connectivity index (χ1v) is 10.7. The Morgan fingerprint density at radius 3 is 2.41 bits per heavy atom. The summed E-state index contributed by atoms with van der Waals surface area (Å²) >= 11 is 1.46. The molecule has 2 aromatic rings. The molecule has 1 fully saturated rings. The zero-order valence-corrected chi connectivity index (χ0v) is 18.2. The van der Waals surface area contributed by atoms with E-state index in [-0.39, 0.29) is 23.8 Å². The number of nitrogens with one attached hydrogen (secondary N) is 1. The zero-order chi connectivity index (χ0) is 21.0. The average molecular weight is 417 g/mol. The van der Waals surface area contributed by atoms with Gasteiger partial charge in [-0.2, -0.15) is 0 Å². The fourth-order valence-electron chi connectivity index (χ4n) is 3.77. The van der Waals surface area contributed by atoms with Crippen molar-refractivity contribution >= 4 is 23.2 Å². The molecule has 1 aliphatic rings. The number of amides is 2. The molecule has 1 saturated heterocycles. The second kappa shape index (κ2) is 9.31. The first-order chi connectivity index (χ1) is 13.9. The molecule has 3 rings (SSSR count). The minimum atomic E-state index is -0.145. The highest BCUT2D eigenvalue weighted by atomic mass is 32.1. The third-order valence-electron chi connectivity index (χ3n) is 5.48. The molecule has 1 N–H and O–H groups in total. The summed E-state index contributed by atoms with van der Waals surface area (Å²) in [6, 6.07) is 7.43. The topological polar surface area (TPSA) is 67.9 Å². The molecule has 0 radical (unpaired) electrons. The molecule has 156 valence electrons. The van der Waals surface area contributed by atoms with Gasteiger partial charge in [0, 0.05) is 19.0 Å². The second-order valence-corrected chi connectivity index (χ2v) is 8.29. The lowest BCUT2D eigenvalue weighted by Gasteiger charge is -2.32. The van der Waals surface area contributed by atoms with Crippen molar-refractivity contribution in [1.29, 1.82) is 0 Å². The highest BCUT2D eigenvalue weighted by Crippen LogP contribution is 2.33. The van der Waals surface area contributed by atoms with Gasteiger partial charge in [-0.1, -0.05) is 6.07 Å². The standard InChI is InChI=1S/C22H28N2O4S/c1-14-12-18(27-3)19(28-4)13-17(14)15(2)23-21(25)16-7-9-24(10-8-16)22(26)20-6-5-11-29-20/h5-6,11-13,15-16H,7-10H2,1-4H3,(H,23,25). The Hall–Kier alpha value is -2.54. The summed E-state index contributed by atoms with van der Waals surface area (Å²) in [6.45, 7) is 5.19. The van der Waals surface area contributed by atoms with Crippen LogP contribution in [0.2, 0.25) is 0 Å². The van der Waals surface area contributed by atoms with Gasteiger partial charge in [-0.15, -0.1) is 11.3 Å². The van der Waals surface area contributed by atoms with Crippen molar-refractivity contribution < 1.29 is 19.1 Å². The van der Waals surface area contributed by atoms with Crippen LogP contribution >= 0.6 is 11.3 Å². The van der Waals surface area contributed by atoms with Gasteiger partial charge in [0.05, 0.1) is 25.1 Å². The van der Waals surface area contributed by atoms with Gasteiger partial charge in [-0.25, -0.2) is 0 Å². The number of piperidine rings is 1. The molecule has 29 heavy (non-hydrogen) atoms. The predicted molar refractivity (Wildman–Crippen MR) is 114 cm³/mol. The first-order valence-electron chi connectivity index (χ1n) is 9.80. The summed E-state index contributed by atoms with van der Waals surface area (Å²) in [5.74, 6) is 1.35. The number of carbonyl (C=O) groups is 2. The van der Waals surface area contributed by atoms with Gasteiger partial charge in [-0.3, -0.25) is 9.59 Å². The van der Waals surface area contributed by atoms with Gasteiger partial charge < -0.3 is 19.7 Å². The molecule has 0 saturated carbocycles. The molecule has 1 atom stereocenters. The number of ether oxygens (including phenoxy) is 2. The van der Waals surface area contributed by atoms with Gasteiger partial charge in [0.25, 0.3) is 5.91 Å². The largest absolute Gasteiger partial charge is 0.493 e. The molecule has 6 nitrogen and oxygen atoms in total. The van der Waals surface area contributed by atoms with E-state index in [0.717, 1.165) is 16.0 Å². The quantitative estimate of drug-likeness (QED) is 0.778. The van der Waals surface area contributed by atoms with Crippen LogP contribution in [0.4, 0.5) is 0 Å². The van der Waals surface area contributed by atoms with Gasteiger partial charge in [-0.05, 0) is 61.4 Å². The third kappa shape index (κ3) is 4.72. The molecule has 1 aromatic heterocycles. The first kappa shape index (κ1) is 21.2. The Kier molecular flexibility index (Phi) is 6.79. The molecule has 1 aliphatic heterocycles. The van der Waals surface area contributed by atoms with E-state index in [1.54, 1.807) is 14.2 Å². The van der Waals surface area contributed by atoms with Crippen molar-refractivity contribution in [1.82, 2.24) is 10.2 Å². The fourth-order valence-corrected chi connectivity index (χ4v) is 4.46. The minimum absolute atomic E-state index is 0.0370. The zero-order valence-electron chi connectivity index (χ0n) is 17.4. The number of aryl methyl sites for hydroxylation is 1. The molecule has 0 aliphatic carbocycles. The van der Waals surface area contributed by atoms with Crippen molar-refractivity contribution in [2.24, 2.45) is 5.92 Å². The van der Waals surface area contributed by atoms with Crippen molar-refractivity contribution in [3.63, 3.8) is 0 Å². The molecule has 7 heteroatoms. The lowest BCUT2D eigenvalue weighted by molar-refractivity contribution is -0.127. The number of methoxy groups -OCH3 is 2. The fraction of sp³-hybridized carbons (Fsp3) is 0.455. The smallest absolute Gasteiger partial charge is 0.263 e. The summed E-state index contributed by atoms with van der Waals surface area (Å²) in [4.78, 5) is 27.9. The van der Waals surface area contributed by atoms with E-state index in [1.165, 1.54) is 11.3 Å². The van der Waals surface area contributed by atoms with Crippen LogP contribution in [-0.2, 0) is 4.79 Å². The molecule has 0 bridgehead atoms. The third-order valence-corrected chi connectivity index (χ3v) is 6.34. The summed E-state index contributed by atoms with van der Waals surface area (Å²) in [5.41, 5.74) is 2.04. The van der Waals surface area contributed by atoms with Crippen LogP contribution in [0, 0.1) is 12.8 Å². The minimum Gasteiger partial charge on any atom is -0.493 e. The Bertz CT molecular complexity index is 858. The van der Waals surface area contributed by atoms with Crippen LogP contribution in [0.15, 0.2) is 29.6 Å². The predicted octanol–water partition coefficient (Wildman–Crippen LogP) is 3.80. The van der Waals surface area contributed by atoms with Gasteiger partial charge in [0.2, 0.25) is 5.91 Å². The molecule has 1 unspecified atom stereocenters. The molecular formula is C22H28N2O4S. The van der Waals surface area contributed by atoms with Crippen LogP contribution in [-0.4, -0.2) is 44.0 Å².